The van der Waals surface area contributed by atoms with Crippen molar-refractivity contribution >= 4 is 41.3 Å². The number of carbonyl (C=O) groups is 5. The zero-order chi connectivity index (χ0) is 29.0. The molecular formula is C26H40ClN5O6. The number of nitrogens with one attached hydrogen (secondary N) is 4. The SMILES string of the molecule is CCOC(=O)N[C@H](Cc1ccc(Cl)cc1)C(=O)N[C@H](C(=O)N[C@@H](C)C(=O)N[C@@H](CC(C)C)C(N)=O)C(C)C. The van der Waals surface area contributed by atoms with E-state index >= 15 is 0 Å². The Hall–Kier alpha value is -3.34. The fraction of sp³-hybridized carbons (Fsp3) is 0.577. The molecule has 0 bridgehead atoms. The average Bonchev–Trinajstić information content (AvgIpc) is 2.82. The molecule has 12 heteroatoms. The van der Waals surface area contributed by atoms with Crippen molar-refractivity contribution in [3.05, 3.63) is 34.9 Å². The fourth-order valence-corrected chi connectivity index (χ4v) is 3.68. The minimum absolute atomic E-state index is 0.113. The average molecular weight is 554 g/mol. The maximum absolute atomic E-state index is 13.2. The van der Waals surface area contributed by atoms with E-state index in [1.54, 1.807) is 45.0 Å². The highest BCUT2D eigenvalue weighted by atomic mass is 35.5. The lowest BCUT2D eigenvalue weighted by Crippen LogP contribution is -2.59. The van der Waals surface area contributed by atoms with Crippen molar-refractivity contribution in [2.45, 2.75) is 78.6 Å². The van der Waals surface area contributed by atoms with Crippen LogP contribution in [0.3, 0.4) is 0 Å². The number of rotatable bonds is 14. The van der Waals surface area contributed by atoms with Gasteiger partial charge >= 0.3 is 6.09 Å². The van der Waals surface area contributed by atoms with Crippen LogP contribution in [0, 0.1) is 11.8 Å². The van der Waals surface area contributed by atoms with Crippen molar-refractivity contribution in [1.29, 1.82) is 0 Å². The summed E-state index contributed by atoms with van der Waals surface area (Å²) < 4.78 is 4.92. The fourth-order valence-electron chi connectivity index (χ4n) is 3.55. The van der Waals surface area contributed by atoms with Gasteiger partial charge in [0, 0.05) is 11.4 Å². The monoisotopic (exact) mass is 553 g/mol. The van der Waals surface area contributed by atoms with Gasteiger partial charge in [0.05, 0.1) is 6.61 Å². The predicted molar refractivity (Wildman–Crippen MR) is 144 cm³/mol. The van der Waals surface area contributed by atoms with Gasteiger partial charge in [0.15, 0.2) is 0 Å². The first-order valence-electron chi connectivity index (χ1n) is 12.6. The standard InChI is InChI=1S/C26H40ClN5O6/c1-7-38-26(37)31-20(13-17-8-10-18(27)11-9-17)24(35)32-21(15(4)5)25(36)29-16(6)23(34)30-19(22(28)33)12-14(2)3/h8-11,14-16,19-21H,7,12-13H2,1-6H3,(H2,28,33)(H,29,36)(H,30,34)(H,31,37)(H,32,35)/t16-,19-,20+,21-/m0/s1. The molecule has 1 rings (SSSR count). The summed E-state index contributed by atoms with van der Waals surface area (Å²) in [5.74, 6) is -2.70. The van der Waals surface area contributed by atoms with Gasteiger partial charge < -0.3 is 31.7 Å². The van der Waals surface area contributed by atoms with E-state index in [1.807, 2.05) is 13.8 Å². The molecule has 1 aromatic carbocycles. The van der Waals surface area contributed by atoms with Crippen molar-refractivity contribution in [3.8, 4) is 0 Å². The number of hydrogen-bond acceptors (Lipinski definition) is 6. The van der Waals surface area contributed by atoms with Crippen LogP contribution in [0.5, 0.6) is 0 Å². The van der Waals surface area contributed by atoms with Crippen LogP contribution in [0.25, 0.3) is 0 Å². The van der Waals surface area contributed by atoms with Gasteiger partial charge in [0.2, 0.25) is 23.6 Å². The third kappa shape index (κ3) is 11.4. The molecule has 212 valence electrons. The van der Waals surface area contributed by atoms with E-state index in [4.69, 9.17) is 22.1 Å². The van der Waals surface area contributed by atoms with E-state index in [1.165, 1.54) is 6.92 Å². The molecule has 0 saturated carbocycles. The summed E-state index contributed by atoms with van der Waals surface area (Å²) in [6, 6.07) is 2.84. The highest BCUT2D eigenvalue weighted by Crippen LogP contribution is 2.12. The first-order chi connectivity index (χ1) is 17.7. The second-order valence-electron chi connectivity index (χ2n) is 9.80. The van der Waals surface area contributed by atoms with Crippen molar-refractivity contribution < 1.29 is 28.7 Å². The van der Waals surface area contributed by atoms with Crippen LogP contribution < -0.4 is 27.0 Å². The Balaban J connectivity index is 2.96. The number of hydrogen-bond donors (Lipinski definition) is 5. The Labute approximate surface area is 228 Å². The Bertz CT molecular complexity index is 969. The van der Waals surface area contributed by atoms with E-state index in [0.717, 1.165) is 5.56 Å². The molecule has 1 aromatic rings. The number of carbonyl (C=O) groups excluding carboxylic acids is 5. The van der Waals surface area contributed by atoms with Gasteiger partial charge in [-0.25, -0.2) is 4.79 Å². The van der Waals surface area contributed by atoms with Gasteiger partial charge in [-0.3, -0.25) is 19.2 Å². The Kier molecular flexibility index (Phi) is 13.6. The van der Waals surface area contributed by atoms with Crippen molar-refractivity contribution in [2.24, 2.45) is 17.6 Å². The Morgan fingerprint density at radius 1 is 0.842 bits per heavy atom. The minimum atomic E-state index is -1.04. The van der Waals surface area contributed by atoms with Crippen molar-refractivity contribution in [3.63, 3.8) is 0 Å². The van der Waals surface area contributed by atoms with Crippen molar-refractivity contribution in [2.75, 3.05) is 6.61 Å². The number of benzene rings is 1. The summed E-state index contributed by atoms with van der Waals surface area (Å²) in [4.78, 5) is 62.6. The predicted octanol–water partition coefficient (Wildman–Crippen LogP) is 1.66. The number of amides is 5. The first kappa shape index (κ1) is 32.7. The first-order valence-corrected chi connectivity index (χ1v) is 13.0. The second-order valence-corrected chi connectivity index (χ2v) is 10.2. The Morgan fingerprint density at radius 2 is 1.45 bits per heavy atom. The Morgan fingerprint density at radius 3 is 1.95 bits per heavy atom. The zero-order valence-corrected chi connectivity index (χ0v) is 23.6. The summed E-state index contributed by atoms with van der Waals surface area (Å²) in [5.41, 5.74) is 6.12. The van der Waals surface area contributed by atoms with E-state index in [2.05, 4.69) is 21.3 Å². The third-order valence-corrected chi connectivity index (χ3v) is 5.86. The molecule has 0 aromatic heterocycles. The molecule has 0 fully saturated rings. The molecule has 0 heterocycles. The maximum atomic E-state index is 13.2. The number of primary amides is 1. The minimum Gasteiger partial charge on any atom is -0.450 e. The largest absolute Gasteiger partial charge is 0.450 e. The van der Waals surface area contributed by atoms with Crippen LogP contribution in [-0.2, 0) is 30.3 Å². The lowest BCUT2D eigenvalue weighted by atomic mass is 10.0. The summed E-state index contributed by atoms with van der Waals surface area (Å²) in [7, 11) is 0. The lowest BCUT2D eigenvalue weighted by molar-refractivity contribution is -0.134. The maximum Gasteiger partial charge on any atom is 0.407 e. The van der Waals surface area contributed by atoms with E-state index < -0.39 is 53.9 Å². The van der Waals surface area contributed by atoms with E-state index in [0.29, 0.717) is 11.4 Å². The molecule has 6 N–H and O–H groups in total. The summed E-state index contributed by atoms with van der Waals surface area (Å²) >= 11 is 5.94. The van der Waals surface area contributed by atoms with Gasteiger partial charge in [-0.2, -0.15) is 0 Å². The van der Waals surface area contributed by atoms with Crippen LogP contribution in [0.2, 0.25) is 5.02 Å². The molecule has 0 unspecified atom stereocenters. The molecule has 0 aliphatic carbocycles. The van der Waals surface area contributed by atoms with Gasteiger partial charge in [-0.05, 0) is 49.8 Å². The molecular weight excluding hydrogens is 514 g/mol. The molecule has 0 spiro atoms. The van der Waals surface area contributed by atoms with E-state index in [9.17, 15) is 24.0 Å². The van der Waals surface area contributed by atoms with Gasteiger partial charge in [0.1, 0.15) is 24.2 Å². The van der Waals surface area contributed by atoms with Crippen LogP contribution in [-0.4, -0.2) is 60.5 Å². The topological polar surface area (TPSA) is 169 Å². The van der Waals surface area contributed by atoms with Crippen molar-refractivity contribution in [1.82, 2.24) is 21.3 Å². The second kappa shape index (κ2) is 15.8. The normalized spacial score (nSPS) is 14.1. The zero-order valence-electron chi connectivity index (χ0n) is 22.8. The molecule has 4 atom stereocenters. The summed E-state index contributed by atoms with van der Waals surface area (Å²) in [5, 5.41) is 10.9. The van der Waals surface area contributed by atoms with Crippen LogP contribution in [0.15, 0.2) is 24.3 Å². The highest BCUT2D eigenvalue weighted by molar-refractivity contribution is 6.30. The molecule has 11 nitrogen and oxygen atoms in total. The highest BCUT2D eigenvalue weighted by Gasteiger charge is 2.31. The molecule has 0 saturated heterocycles. The molecule has 5 amide bonds. The van der Waals surface area contributed by atoms with Gasteiger partial charge in [-0.15, -0.1) is 0 Å². The quantitative estimate of drug-likeness (QED) is 0.235. The lowest BCUT2D eigenvalue weighted by Gasteiger charge is -2.27. The molecule has 0 aliphatic heterocycles. The van der Waals surface area contributed by atoms with Crippen LogP contribution in [0.4, 0.5) is 4.79 Å². The number of ether oxygens (including phenoxy) is 1. The van der Waals surface area contributed by atoms with Crippen LogP contribution in [0.1, 0.15) is 53.5 Å². The van der Waals surface area contributed by atoms with Gasteiger partial charge in [-0.1, -0.05) is 51.4 Å². The summed E-state index contributed by atoms with van der Waals surface area (Å²) in [6.45, 7) is 10.5. The number of alkyl carbamates (subject to hydrolysis) is 1. The van der Waals surface area contributed by atoms with E-state index in [-0.39, 0.29) is 24.9 Å². The number of halogens is 1. The molecule has 38 heavy (non-hydrogen) atoms. The van der Waals surface area contributed by atoms with Crippen LogP contribution >= 0.6 is 11.6 Å². The summed E-state index contributed by atoms with van der Waals surface area (Å²) in [6.07, 6.45) is -0.297. The third-order valence-electron chi connectivity index (χ3n) is 5.60. The molecule has 0 radical (unpaired) electrons. The molecule has 0 aliphatic rings. The smallest absolute Gasteiger partial charge is 0.407 e. The number of nitrogens with two attached hydrogens (primary N) is 1. The van der Waals surface area contributed by atoms with Gasteiger partial charge in [0.25, 0.3) is 0 Å².